The molecular weight excluding hydrogens is 733 g/mol. The SMILES string of the molecule is COc1cc(O)cc(C/C=C(\C)CC/C=C(\C)CC/C=C(\C)CC/C=C(\C)CC/C=C(\C)CC/C=C(\C)CC/C=C(\C)CC/C=C(\C)CC/C=C(\C)CCC=C(C)C)c1O. The third kappa shape index (κ3) is 28.5. The number of phenols is 2. The van der Waals surface area contributed by atoms with E-state index in [1.807, 2.05) is 0 Å². The molecule has 3 heteroatoms. The standard InChI is InChI=1S/C57H88O3/c1-44(2)22-13-23-45(3)24-14-25-46(4)26-15-27-47(5)28-16-29-48(6)30-17-31-49(7)32-18-33-50(8)34-19-35-51(9)36-20-37-52(10)38-21-39-53(11)40-41-54-42-55(58)43-56(60-12)57(54)59/h22,24,26,28,30,32,34,36,38,40,42-43,58-59H,13-21,23,25,27,29,31,33,35,37,39,41H2,1-12H3/b45-24+,46-26+,47-28+,48-30+,49-32+,50-34+,51-36+,52-38+,53-40+. The molecule has 334 valence electrons. The first-order valence-electron chi connectivity index (χ1n) is 23.2. The van der Waals surface area contributed by atoms with E-state index < -0.39 is 0 Å². The molecule has 0 saturated heterocycles. The van der Waals surface area contributed by atoms with Gasteiger partial charge in [0.25, 0.3) is 0 Å². The minimum absolute atomic E-state index is 0.0955. The van der Waals surface area contributed by atoms with Gasteiger partial charge in [0.15, 0.2) is 11.5 Å². The smallest absolute Gasteiger partial charge is 0.164 e. The number of aromatic hydroxyl groups is 2. The Morgan fingerprint density at radius 1 is 0.383 bits per heavy atom. The van der Waals surface area contributed by atoms with Crippen molar-refractivity contribution in [1.82, 2.24) is 0 Å². The van der Waals surface area contributed by atoms with Gasteiger partial charge in [-0.3, -0.25) is 0 Å². The summed E-state index contributed by atoms with van der Waals surface area (Å²) < 4.78 is 5.15. The summed E-state index contributed by atoms with van der Waals surface area (Å²) in [6.45, 7) is 24.7. The predicted octanol–water partition coefficient (Wildman–Crippen LogP) is 18.2. The van der Waals surface area contributed by atoms with Crippen molar-refractivity contribution in [2.45, 2.75) is 198 Å². The van der Waals surface area contributed by atoms with Crippen LogP contribution < -0.4 is 4.74 Å². The van der Waals surface area contributed by atoms with Crippen LogP contribution in [0.15, 0.2) is 129 Å². The van der Waals surface area contributed by atoms with E-state index in [-0.39, 0.29) is 11.5 Å². The zero-order chi connectivity index (χ0) is 44.7. The number of phenolic OH excluding ortho intramolecular Hbond substituents is 2. The topological polar surface area (TPSA) is 49.7 Å². The Kier molecular flexibility index (Phi) is 29.5. The zero-order valence-electron chi connectivity index (χ0n) is 40.7. The van der Waals surface area contributed by atoms with E-state index in [1.165, 1.54) is 88.2 Å². The summed E-state index contributed by atoms with van der Waals surface area (Å²) in [6, 6.07) is 3.02. The van der Waals surface area contributed by atoms with Crippen molar-refractivity contribution in [3.8, 4) is 17.2 Å². The maximum atomic E-state index is 10.3. The third-order valence-electron chi connectivity index (χ3n) is 11.4. The lowest BCUT2D eigenvalue weighted by Crippen LogP contribution is -1.90. The predicted molar refractivity (Wildman–Crippen MR) is 266 cm³/mol. The molecule has 1 aromatic rings. The second-order valence-corrected chi connectivity index (χ2v) is 17.9. The second kappa shape index (κ2) is 32.7. The number of allylic oxidation sites excluding steroid dienone is 20. The van der Waals surface area contributed by atoms with Gasteiger partial charge in [-0.1, -0.05) is 116 Å². The van der Waals surface area contributed by atoms with Gasteiger partial charge in [0.2, 0.25) is 0 Å². The van der Waals surface area contributed by atoms with Crippen LogP contribution in [-0.4, -0.2) is 17.3 Å². The number of benzene rings is 1. The van der Waals surface area contributed by atoms with Crippen molar-refractivity contribution in [3.05, 3.63) is 134 Å². The van der Waals surface area contributed by atoms with Crippen molar-refractivity contribution in [3.63, 3.8) is 0 Å². The maximum absolute atomic E-state index is 10.3. The van der Waals surface area contributed by atoms with Crippen molar-refractivity contribution in [2.24, 2.45) is 0 Å². The van der Waals surface area contributed by atoms with Gasteiger partial charge in [0, 0.05) is 11.6 Å². The maximum Gasteiger partial charge on any atom is 0.164 e. The Morgan fingerprint density at radius 3 is 0.883 bits per heavy atom. The van der Waals surface area contributed by atoms with Crippen molar-refractivity contribution >= 4 is 0 Å². The van der Waals surface area contributed by atoms with Crippen LogP contribution in [0.25, 0.3) is 0 Å². The summed E-state index contributed by atoms with van der Waals surface area (Å²) in [4.78, 5) is 0. The molecule has 0 amide bonds. The Balaban J connectivity index is 2.27. The van der Waals surface area contributed by atoms with Crippen LogP contribution in [0.4, 0.5) is 0 Å². The second-order valence-electron chi connectivity index (χ2n) is 17.9. The van der Waals surface area contributed by atoms with E-state index in [9.17, 15) is 10.2 Å². The molecule has 1 aromatic carbocycles. The first-order chi connectivity index (χ1) is 28.6. The van der Waals surface area contributed by atoms with E-state index in [4.69, 9.17) is 4.74 Å². The van der Waals surface area contributed by atoms with Gasteiger partial charge >= 0.3 is 0 Å². The van der Waals surface area contributed by atoms with Gasteiger partial charge in [-0.15, -0.1) is 0 Å². The first kappa shape index (κ1) is 54.0. The molecule has 0 atom stereocenters. The molecule has 3 nitrogen and oxygen atoms in total. The molecule has 2 N–H and O–H groups in total. The Hall–Kier alpha value is -3.98. The van der Waals surface area contributed by atoms with E-state index in [2.05, 4.69) is 137 Å². The van der Waals surface area contributed by atoms with Crippen molar-refractivity contribution in [2.75, 3.05) is 7.11 Å². The van der Waals surface area contributed by atoms with E-state index in [0.717, 1.165) is 96.3 Å². The van der Waals surface area contributed by atoms with E-state index in [1.54, 1.807) is 6.07 Å². The lowest BCUT2D eigenvalue weighted by molar-refractivity contribution is 0.366. The molecule has 0 heterocycles. The van der Waals surface area contributed by atoms with Crippen molar-refractivity contribution in [1.29, 1.82) is 0 Å². The highest BCUT2D eigenvalue weighted by atomic mass is 16.5. The van der Waals surface area contributed by atoms with Crippen molar-refractivity contribution < 1.29 is 14.9 Å². The summed E-state index contributed by atoms with van der Waals surface area (Å²) in [7, 11) is 1.49. The molecule has 60 heavy (non-hydrogen) atoms. The lowest BCUT2D eigenvalue weighted by atomic mass is 10.0. The zero-order valence-corrected chi connectivity index (χ0v) is 40.7. The molecule has 0 aliphatic heterocycles. The summed E-state index contributed by atoms with van der Waals surface area (Å²) in [6.07, 6.45) is 44.8. The molecule has 0 unspecified atom stereocenters. The number of hydrogen-bond donors (Lipinski definition) is 2. The van der Waals surface area contributed by atoms with Gasteiger partial charge in [-0.2, -0.15) is 0 Å². The van der Waals surface area contributed by atoms with Gasteiger partial charge in [0.1, 0.15) is 5.75 Å². The minimum Gasteiger partial charge on any atom is -0.508 e. The summed E-state index contributed by atoms with van der Waals surface area (Å²) in [5.41, 5.74) is 15.4. The van der Waals surface area contributed by atoms with Crippen LogP contribution in [0.3, 0.4) is 0 Å². The third-order valence-corrected chi connectivity index (χ3v) is 11.4. The molecule has 0 fully saturated rings. The number of hydrogen-bond acceptors (Lipinski definition) is 3. The van der Waals surface area contributed by atoms with Crippen LogP contribution in [0.5, 0.6) is 17.2 Å². The van der Waals surface area contributed by atoms with Gasteiger partial charge in [0.05, 0.1) is 7.11 Å². The van der Waals surface area contributed by atoms with Gasteiger partial charge in [-0.25, -0.2) is 0 Å². The van der Waals surface area contributed by atoms with Crippen LogP contribution in [0.1, 0.15) is 197 Å². The van der Waals surface area contributed by atoms with Gasteiger partial charge < -0.3 is 14.9 Å². The quantitative estimate of drug-likeness (QED) is 0.0600. The summed E-state index contributed by atoms with van der Waals surface area (Å²) >= 11 is 0. The molecule has 0 spiro atoms. The average molecular weight is 821 g/mol. The molecule has 0 radical (unpaired) electrons. The first-order valence-corrected chi connectivity index (χ1v) is 23.2. The highest BCUT2D eigenvalue weighted by Gasteiger charge is 2.09. The molecule has 0 bridgehead atoms. The Bertz CT molecular complexity index is 1720. The van der Waals surface area contributed by atoms with Crippen LogP contribution >= 0.6 is 0 Å². The van der Waals surface area contributed by atoms with E-state index >= 15 is 0 Å². The number of methoxy groups -OCH3 is 1. The average Bonchev–Trinajstić information content (AvgIpc) is 3.17. The molecule has 1 rings (SSSR count). The molecule has 0 aromatic heterocycles. The number of rotatable bonds is 30. The fourth-order valence-corrected chi connectivity index (χ4v) is 7.12. The van der Waals surface area contributed by atoms with E-state index in [0.29, 0.717) is 17.7 Å². The summed E-state index contributed by atoms with van der Waals surface area (Å²) in [5, 5.41) is 20.2. The molecule has 0 aliphatic rings. The monoisotopic (exact) mass is 821 g/mol. The van der Waals surface area contributed by atoms with Crippen LogP contribution in [0.2, 0.25) is 0 Å². The van der Waals surface area contributed by atoms with Gasteiger partial charge in [-0.05, 0) is 204 Å². The molecule has 0 saturated carbocycles. The number of ether oxygens (including phenoxy) is 1. The lowest BCUT2D eigenvalue weighted by Gasteiger charge is -2.09. The fourth-order valence-electron chi connectivity index (χ4n) is 7.12. The highest BCUT2D eigenvalue weighted by Crippen LogP contribution is 2.34. The van der Waals surface area contributed by atoms with Crippen LogP contribution in [-0.2, 0) is 6.42 Å². The minimum atomic E-state index is 0.0955. The Morgan fingerprint density at radius 2 is 0.633 bits per heavy atom. The normalized spacial score (nSPS) is 14.3. The molecule has 0 aliphatic carbocycles. The highest BCUT2D eigenvalue weighted by molar-refractivity contribution is 5.51. The largest absolute Gasteiger partial charge is 0.508 e. The molecular formula is C57H88O3. The Labute approximate surface area is 370 Å². The van der Waals surface area contributed by atoms with Crippen LogP contribution in [0, 0.1) is 0 Å². The fraction of sp³-hybridized carbons (Fsp3) is 0.544. The summed E-state index contributed by atoms with van der Waals surface area (Å²) in [5.74, 6) is 0.497.